The number of hydrogen-bond donors (Lipinski definition) is 1. The van der Waals surface area contributed by atoms with E-state index in [2.05, 4.69) is 21.9 Å². The van der Waals surface area contributed by atoms with Gasteiger partial charge in [-0.15, -0.1) is 0 Å². The molecule has 0 spiro atoms. The van der Waals surface area contributed by atoms with Crippen LogP contribution in [-0.2, 0) is 9.59 Å². The highest BCUT2D eigenvalue weighted by atomic mass is 19.1. The number of aliphatic carboxylic acids is 1. The van der Waals surface area contributed by atoms with Gasteiger partial charge in [0.05, 0.1) is 11.1 Å². The number of hydrogen-bond acceptors (Lipinski definition) is 7. The van der Waals surface area contributed by atoms with Gasteiger partial charge in [-0.2, -0.15) is 0 Å². The number of amidine groups is 1. The lowest BCUT2D eigenvalue weighted by molar-refractivity contribution is -0.158. The van der Waals surface area contributed by atoms with Gasteiger partial charge in [-0.3, -0.25) is 9.59 Å². The van der Waals surface area contributed by atoms with Crippen molar-refractivity contribution in [2.24, 2.45) is 22.2 Å². The zero-order chi connectivity index (χ0) is 33.9. The molecule has 0 aliphatic carbocycles. The topological polar surface area (TPSA) is 99.2 Å². The van der Waals surface area contributed by atoms with Gasteiger partial charge >= 0.3 is 5.97 Å². The Morgan fingerprint density at radius 3 is 2.44 bits per heavy atom. The Kier molecular flexibility index (Phi) is 13.2. The SMILES string of the molecule is CCCCCCCCCCCCC(=O)C(CCN1CCC(c2noc3cc(F)ccc23)CC1)C(C)(C(=O)O)C1CCCN2CC=CN=C12. The molecular weight excluding hydrogens is 607 g/mol. The lowest BCUT2D eigenvalue weighted by Gasteiger charge is -2.46. The standard InChI is InChI=1S/C39H57FN4O4/c1-3-4-5-6-7-8-9-10-11-12-16-34(45)32(39(2,38(46)47)33-15-13-23-44-24-14-22-41-37(33)44)21-27-43-25-19-29(20-26-43)36-31-18-17-30(40)28-35(31)48-42-36/h14,17-18,22,28-29,32-33H,3-13,15-16,19-21,23-27H2,1-2H3,(H,46,47). The fourth-order valence-electron chi connectivity index (χ4n) is 8.44. The van der Waals surface area contributed by atoms with Crippen molar-refractivity contribution in [3.8, 4) is 0 Å². The monoisotopic (exact) mass is 664 g/mol. The summed E-state index contributed by atoms with van der Waals surface area (Å²) >= 11 is 0. The minimum atomic E-state index is -1.23. The molecule has 2 aromatic rings. The predicted molar refractivity (Wildman–Crippen MR) is 189 cm³/mol. The number of piperidine rings is 2. The molecule has 0 saturated carbocycles. The number of Topliss-reactive ketones (excluding diaryl/α,β-unsaturated/α-hetero) is 1. The highest BCUT2D eigenvalue weighted by Crippen LogP contribution is 2.45. The molecule has 1 N–H and O–H groups in total. The molecule has 48 heavy (non-hydrogen) atoms. The minimum absolute atomic E-state index is 0.0970. The number of likely N-dealkylation sites (tertiary alicyclic amines) is 1. The van der Waals surface area contributed by atoms with Crippen LogP contribution in [0.1, 0.15) is 128 Å². The number of aromatic nitrogens is 1. The number of carbonyl (C=O) groups is 2. The number of fused-ring (bicyclic) bond motifs is 2. The number of aliphatic imine (C=N–C) groups is 1. The molecule has 2 saturated heterocycles. The van der Waals surface area contributed by atoms with Crippen LogP contribution in [0.25, 0.3) is 11.0 Å². The molecule has 8 nitrogen and oxygen atoms in total. The third kappa shape index (κ3) is 8.74. The Hall–Kier alpha value is -3.07. The van der Waals surface area contributed by atoms with E-state index in [0.717, 1.165) is 88.0 Å². The van der Waals surface area contributed by atoms with Gasteiger partial charge in [0.1, 0.15) is 17.4 Å². The molecule has 9 heteroatoms. The second-order valence-electron chi connectivity index (χ2n) is 14.7. The minimum Gasteiger partial charge on any atom is -0.481 e. The quantitative estimate of drug-likeness (QED) is 0.150. The molecule has 0 amide bonds. The van der Waals surface area contributed by atoms with Crippen molar-refractivity contribution < 1.29 is 23.6 Å². The fraction of sp³-hybridized carbons (Fsp3) is 0.692. The molecule has 2 fully saturated rings. The van der Waals surface area contributed by atoms with Gasteiger partial charge in [0.25, 0.3) is 0 Å². The first-order chi connectivity index (χ1) is 23.3. The van der Waals surface area contributed by atoms with Crippen molar-refractivity contribution in [2.75, 3.05) is 32.7 Å². The maximum atomic E-state index is 14.2. The average molecular weight is 665 g/mol. The molecule has 5 rings (SSSR count). The summed E-state index contributed by atoms with van der Waals surface area (Å²) in [6.07, 6.45) is 20.1. The second-order valence-corrected chi connectivity index (χ2v) is 14.7. The van der Waals surface area contributed by atoms with Gasteiger partial charge in [-0.25, -0.2) is 9.38 Å². The van der Waals surface area contributed by atoms with E-state index in [9.17, 15) is 19.1 Å². The van der Waals surface area contributed by atoms with Gasteiger partial charge in [0.15, 0.2) is 5.58 Å². The van der Waals surface area contributed by atoms with Crippen LogP contribution in [0.4, 0.5) is 4.39 Å². The largest absolute Gasteiger partial charge is 0.481 e. The maximum Gasteiger partial charge on any atom is 0.310 e. The van der Waals surface area contributed by atoms with Crippen LogP contribution in [0.5, 0.6) is 0 Å². The summed E-state index contributed by atoms with van der Waals surface area (Å²) in [5.41, 5.74) is 0.131. The van der Waals surface area contributed by atoms with E-state index in [1.54, 1.807) is 12.3 Å². The Labute approximate surface area is 286 Å². The van der Waals surface area contributed by atoms with E-state index in [4.69, 9.17) is 9.52 Å². The number of carboxylic acid groups (broad SMARTS) is 1. The van der Waals surface area contributed by atoms with E-state index in [-0.39, 0.29) is 23.4 Å². The van der Waals surface area contributed by atoms with Crippen molar-refractivity contribution >= 4 is 28.6 Å². The molecule has 1 aromatic carbocycles. The van der Waals surface area contributed by atoms with Crippen LogP contribution in [-0.4, -0.2) is 70.4 Å². The van der Waals surface area contributed by atoms with Gasteiger partial charge in [0, 0.05) is 54.9 Å². The van der Waals surface area contributed by atoms with Gasteiger partial charge < -0.3 is 19.4 Å². The number of nitrogens with zero attached hydrogens (tertiary/aromatic N) is 4. The average Bonchev–Trinajstić information content (AvgIpc) is 3.52. The van der Waals surface area contributed by atoms with Crippen LogP contribution >= 0.6 is 0 Å². The van der Waals surface area contributed by atoms with E-state index < -0.39 is 17.3 Å². The molecule has 3 aliphatic rings. The van der Waals surface area contributed by atoms with Crippen molar-refractivity contribution in [2.45, 2.75) is 122 Å². The number of carboxylic acids is 1. The number of rotatable bonds is 19. The molecule has 4 heterocycles. The summed E-state index contributed by atoms with van der Waals surface area (Å²) in [5, 5.41) is 16.1. The summed E-state index contributed by atoms with van der Waals surface area (Å²) in [6, 6.07) is 4.58. The lowest BCUT2D eigenvalue weighted by Crippen LogP contribution is -2.55. The number of benzene rings is 1. The van der Waals surface area contributed by atoms with Crippen LogP contribution < -0.4 is 0 Å². The highest BCUT2D eigenvalue weighted by Gasteiger charge is 2.53. The molecular formula is C39H57FN4O4. The Morgan fingerprint density at radius 2 is 1.73 bits per heavy atom. The third-order valence-corrected chi connectivity index (χ3v) is 11.4. The van der Waals surface area contributed by atoms with Gasteiger partial charge in [-0.1, -0.05) is 69.9 Å². The molecule has 3 aliphatic heterocycles. The van der Waals surface area contributed by atoms with E-state index >= 15 is 0 Å². The van der Waals surface area contributed by atoms with Crippen LogP contribution in [0.3, 0.4) is 0 Å². The normalized spacial score (nSPS) is 20.8. The Morgan fingerprint density at radius 1 is 1.02 bits per heavy atom. The summed E-state index contributed by atoms with van der Waals surface area (Å²) in [6.45, 7) is 8.03. The summed E-state index contributed by atoms with van der Waals surface area (Å²) in [7, 11) is 0. The van der Waals surface area contributed by atoms with Crippen molar-refractivity contribution in [3.63, 3.8) is 0 Å². The zero-order valence-electron chi connectivity index (χ0n) is 29.3. The zero-order valence-corrected chi connectivity index (χ0v) is 29.3. The lowest BCUT2D eigenvalue weighted by atomic mass is 9.62. The molecule has 1 aromatic heterocycles. The maximum absolute atomic E-state index is 14.2. The number of halogens is 1. The van der Waals surface area contributed by atoms with Gasteiger partial charge in [0.2, 0.25) is 0 Å². The first-order valence-corrected chi connectivity index (χ1v) is 18.8. The van der Waals surface area contributed by atoms with Crippen LogP contribution in [0, 0.1) is 23.1 Å². The molecule has 3 atom stereocenters. The molecule has 0 bridgehead atoms. The molecule has 0 radical (unpaired) electrons. The summed E-state index contributed by atoms with van der Waals surface area (Å²) in [5.74, 6) is -0.951. The van der Waals surface area contributed by atoms with E-state index in [1.165, 1.54) is 57.1 Å². The predicted octanol–water partition coefficient (Wildman–Crippen LogP) is 8.76. The smallest absolute Gasteiger partial charge is 0.310 e. The fourth-order valence-corrected chi connectivity index (χ4v) is 8.44. The second kappa shape index (κ2) is 17.5. The summed E-state index contributed by atoms with van der Waals surface area (Å²) in [4.78, 5) is 36.8. The molecule has 3 unspecified atom stereocenters. The van der Waals surface area contributed by atoms with Crippen LogP contribution in [0.15, 0.2) is 40.0 Å². The number of unbranched alkanes of at least 4 members (excludes halogenated alkanes) is 9. The number of carbonyl (C=O) groups excluding carboxylic acids is 1. The third-order valence-electron chi connectivity index (χ3n) is 11.4. The summed E-state index contributed by atoms with van der Waals surface area (Å²) < 4.78 is 19.1. The van der Waals surface area contributed by atoms with Crippen molar-refractivity contribution in [1.29, 1.82) is 0 Å². The van der Waals surface area contributed by atoms with E-state index in [1.807, 2.05) is 13.0 Å². The van der Waals surface area contributed by atoms with Crippen LogP contribution in [0.2, 0.25) is 0 Å². The first-order valence-electron chi connectivity index (χ1n) is 18.8. The highest BCUT2D eigenvalue weighted by molar-refractivity contribution is 5.96. The number of ketones is 1. The first kappa shape index (κ1) is 36.2. The van der Waals surface area contributed by atoms with Gasteiger partial charge in [-0.05, 0) is 83.3 Å². The van der Waals surface area contributed by atoms with Crippen molar-refractivity contribution in [1.82, 2.24) is 15.0 Å². The Bertz CT molecular complexity index is 1410. The Balaban J connectivity index is 1.22. The van der Waals surface area contributed by atoms with E-state index in [0.29, 0.717) is 25.0 Å². The van der Waals surface area contributed by atoms with Crippen molar-refractivity contribution in [3.05, 3.63) is 42.0 Å². The molecule has 264 valence electrons.